The summed E-state index contributed by atoms with van der Waals surface area (Å²) in [5.41, 5.74) is 2.87. The van der Waals surface area contributed by atoms with E-state index < -0.39 is 6.10 Å². The van der Waals surface area contributed by atoms with Gasteiger partial charge in [-0.15, -0.1) is 0 Å². The standard InChI is InChI=1S/C25H30N2O4/c1-18(14-21-9-5-6-10-24(21)29-3)26-16-22(28)17-30-25-11-7-4-8-20(25)12-13-23-15-19(2)27-31-23/h4-13,15,18,22,26,28H,14,16-17H2,1-3H3. The summed E-state index contributed by atoms with van der Waals surface area (Å²) in [5, 5.41) is 17.6. The molecule has 0 bridgehead atoms. The van der Waals surface area contributed by atoms with E-state index in [0.717, 1.165) is 29.0 Å². The van der Waals surface area contributed by atoms with E-state index in [0.29, 0.717) is 18.1 Å². The molecule has 1 heterocycles. The van der Waals surface area contributed by atoms with Crippen molar-refractivity contribution >= 4 is 12.2 Å². The van der Waals surface area contributed by atoms with E-state index in [1.165, 1.54) is 0 Å². The van der Waals surface area contributed by atoms with E-state index in [4.69, 9.17) is 14.0 Å². The fraction of sp³-hybridized carbons (Fsp3) is 0.320. The number of rotatable bonds is 11. The van der Waals surface area contributed by atoms with Gasteiger partial charge in [-0.05, 0) is 50.1 Å². The lowest BCUT2D eigenvalue weighted by Crippen LogP contribution is -2.37. The molecule has 3 rings (SSSR count). The Balaban J connectivity index is 1.48. The van der Waals surface area contributed by atoms with Crippen LogP contribution in [0.4, 0.5) is 0 Å². The van der Waals surface area contributed by atoms with Crippen molar-refractivity contribution < 1.29 is 19.1 Å². The van der Waals surface area contributed by atoms with Gasteiger partial charge in [-0.25, -0.2) is 0 Å². The molecule has 6 heteroatoms. The van der Waals surface area contributed by atoms with Crippen molar-refractivity contribution in [3.8, 4) is 11.5 Å². The second-order valence-electron chi connectivity index (χ2n) is 7.53. The number of para-hydroxylation sites is 2. The number of aliphatic hydroxyl groups excluding tert-OH is 1. The Bertz CT molecular complexity index is 983. The number of hydrogen-bond donors (Lipinski definition) is 2. The Morgan fingerprint density at radius 2 is 1.84 bits per heavy atom. The van der Waals surface area contributed by atoms with Crippen molar-refractivity contribution in [2.45, 2.75) is 32.4 Å². The van der Waals surface area contributed by atoms with Crippen molar-refractivity contribution in [3.63, 3.8) is 0 Å². The highest BCUT2D eigenvalue weighted by molar-refractivity contribution is 5.70. The maximum absolute atomic E-state index is 10.4. The van der Waals surface area contributed by atoms with Gasteiger partial charge >= 0.3 is 0 Å². The van der Waals surface area contributed by atoms with Crippen LogP contribution in [-0.2, 0) is 6.42 Å². The molecule has 164 valence electrons. The molecule has 0 fully saturated rings. The molecule has 3 aromatic rings. The molecule has 0 aliphatic heterocycles. The molecule has 0 amide bonds. The average molecular weight is 423 g/mol. The Morgan fingerprint density at radius 3 is 2.58 bits per heavy atom. The SMILES string of the molecule is COc1ccccc1CC(C)NCC(O)COc1ccccc1C=Cc1cc(C)no1. The van der Waals surface area contributed by atoms with Crippen LogP contribution in [0.15, 0.2) is 59.1 Å². The summed E-state index contributed by atoms with van der Waals surface area (Å²) in [6, 6.07) is 17.7. The van der Waals surface area contributed by atoms with E-state index in [1.807, 2.05) is 67.6 Å². The third kappa shape index (κ3) is 6.98. The van der Waals surface area contributed by atoms with Gasteiger partial charge in [0, 0.05) is 24.2 Å². The molecule has 0 aliphatic carbocycles. The maximum Gasteiger partial charge on any atom is 0.159 e. The molecule has 0 spiro atoms. The molecular formula is C25H30N2O4. The monoisotopic (exact) mass is 422 g/mol. The van der Waals surface area contributed by atoms with E-state index in [-0.39, 0.29) is 12.6 Å². The highest BCUT2D eigenvalue weighted by Gasteiger charge is 2.11. The summed E-state index contributed by atoms with van der Waals surface area (Å²) in [6.45, 7) is 4.60. The number of methoxy groups -OCH3 is 1. The Kier molecular flexibility index (Phi) is 8.27. The number of aryl methyl sites for hydroxylation is 1. The molecule has 2 N–H and O–H groups in total. The van der Waals surface area contributed by atoms with Crippen LogP contribution < -0.4 is 14.8 Å². The van der Waals surface area contributed by atoms with Crippen LogP contribution in [0.1, 0.15) is 29.5 Å². The summed E-state index contributed by atoms with van der Waals surface area (Å²) >= 11 is 0. The van der Waals surface area contributed by atoms with Gasteiger partial charge in [0.25, 0.3) is 0 Å². The van der Waals surface area contributed by atoms with Crippen LogP contribution >= 0.6 is 0 Å². The molecule has 0 saturated carbocycles. The number of ether oxygens (including phenoxy) is 2. The van der Waals surface area contributed by atoms with Crippen molar-refractivity contribution in [1.29, 1.82) is 0 Å². The second-order valence-corrected chi connectivity index (χ2v) is 7.53. The Labute approximate surface area is 183 Å². The minimum atomic E-state index is -0.630. The molecule has 2 aromatic carbocycles. The molecule has 0 aliphatic rings. The molecule has 2 unspecified atom stereocenters. The van der Waals surface area contributed by atoms with Crippen LogP contribution in [0.3, 0.4) is 0 Å². The maximum atomic E-state index is 10.4. The first-order valence-corrected chi connectivity index (χ1v) is 10.4. The van der Waals surface area contributed by atoms with E-state index in [1.54, 1.807) is 7.11 Å². The lowest BCUT2D eigenvalue weighted by atomic mass is 10.1. The fourth-order valence-corrected chi connectivity index (χ4v) is 3.24. The van der Waals surface area contributed by atoms with Crippen LogP contribution in [-0.4, -0.2) is 42.7 Å². The lowest BCUT2D eigenvalue weighted by Gasteiger charge is -2.19. The van der Waals surface area contributed by atoms with E-state index in [9.17, 15) is 5.11 Å². The average Bonchev–Trinajstić information content (AvgIpc) is 3.20. The molecule has 31 heavy (non-hydrogen) atoms. The van der Waals surface area contributed by atoms with Gasteiger partial charge in [0.15, 0.2) is 5.76 Å². The van der Waals surface area contributed by atoms with Crippen molar-refractivity contribution in [3.05, 3.63) is 77.2 Å². The first kappa shape index (κ1) is 22.6. The van der Waals surface area contributed by atoms with Gasteiger partial charge in [0.05, 0.1) is 12.8 Å². The van der Waals surface area contributed by atoms with E-state index in [2.05, 4.69) is 23.5 Å². The zero-order valence-corrected chi connectivity index (χ0v) is 18.2. The summed E-state index contributed by atoms with van der Waals surface area (Å²) in [6.07, 6.45) is 3.94. The van der Waals surface area contributed by atoms with Gasteiger partial charge in [-0.1, -0.05) is 41.6 Å². The third-order valence-corrected chi connectivity index (χ3v) is 4.84. The zero-order chi connectivity index (χ0) is 22.1. The number of nitrogens with one attached hydrogen (secondary N) is 1. The Morgan fingerprint density at radius 1 is 1.10 bits per heavy atom. The van der Waals surface area contributed by atoms with Gasteiger partial charge in [-0.2, -0.15) is 0 Å². The Hall–Kier alpha value is -3.09. The van der Waals surface area contributed by atoms with Crippen LogP contribution in [0, 0.1) is 6.92 Å². The van der Waals surface area contributed by atoms with Crippen LogP contribution in [0.2, 0.25) is 0 Å². The van der Waals surface area contributed by atoms with E-state index >= 15 is 0 Å². The molecular weight excluding hydrogens is 392 g/mol. The van der Waals surface area contributed by atoms with Crippen molar-refractivity contribution in [2.24, 2.45) is 0 Å². The number of hydrogen-bond acceptors (Lipinski definition) is 6. The second kappa shape index (κ2) is 11.3. The minimum Gasteiger partial charge on any atom is -0.496 e. The predicted octanol–water partition coefficient (Wildman–Crippen LogP) is 4.12. The molecule has 2 atom stereocenters. The van der Waals surface area contributed by atoms with Crippen molar-refractivity contribution in [1.82, 2.24) is 10.5 Å². The smallest absolute Gasteiger partial charge is 0.159 e. The predicted molar refractivity (Wildman–Crippen MR) is 122 cm³/mol. The lowest BCUT2D eigenvalue weighted by molar-refractivity contribution is 0.104. The molecule has 0 radical (unpaired) electrons. The van der Waals surface area contributed by atoms with Gasteiger partial charge < -0.3 is 24.4 Å². The molecule has 6 nitrogen and oxygen atoms in total. The first-order chi connectivity index (χ1) is 15.0. The largest absolute Gasteiger partial charge is 0.496 e. The van der Waals surface area contributed by atoms with Gasteiger partial charge in [-0.3, -0.25) is 0 Å². The summed E-state index contributed by atoms with van der Waals surface area (Å²) in [4.78, 5) is 0. The van der Waals surface area contributed by atoms with Crippen LogP contribution in [0.5, 0.6) is 11.5 Å². The molecule has 1 aromatic heterocycles. The molecule has 0 saturated heterocycles. The third-order valence-electron chi connectivity index (χ3n) is 4.84. The first-order valence-electron chi connectivity index (χ1n) is 10.4. The van der Waals surface area contributed by atoms with Crippen molar-refractivity contribution in [2.75, 3.05) is 20.3 Å². The van der Waals surface area contributed by atoms with Gasteiger partial charge in [0.1, 0.15) is 24.2 Å². The quantitative estimate of drug-likeness (QED) is 0.484. The summed E-state index contributed by atoms with van der Waals surface area (Å²) < 4.78 is 16.5. The topological polar surface area (TPSA) is 76.8 Å². The fourth-order valence-electron chi connectivity index (χ4n) is 3.24. The highest BCUT2D eigenvalue weighted by Crippen LogP contribution is 2.21. The minimum absolute atomic E-state index is 0.187. The number of aromatic nitrogens is 1. The number of aliphatic hydroxyl groups is 1. The number of nitrogens with zero attached hydrogens (tertiary/aromatic N) is 1. The zero-order valence-electron chi connectivity index (χ0n) is 18.2. The van der Waals surface area contributed by atoms with Crippen LogP contribution in [0.25, 0.3) is 12.2 Å². The van der Waals surface area contributed by atoms with Gasteiger partial charge in [0.2, 0.25) is 0 Å². The normalized spacial score (nSPS) is 13.3. The number of benzene rings is 2. The summed E-state index contributed by atoms with van der Waals surface area (Å²) in [7, 11) is 1.68. The summed E-state index contributed by atoms with van der Waals surface area (Å²) in [5.74, 6) is 2.27. The highest BCUT2D eigenvalue weighted by atomic mass is 16.5.